The van der Waals surface area contributed by atoms with Gasteiger partial charge in [-0.15, -0.1) is 0 Å². The van der Waals surface area contributed by atoms with Crippen LogP contribution in [0.15, 0.2) is 16.2 Å². The Bertz CT molecular complexity index is 594. The van der Waals surface area contributed by atoms with Crippen LogP contribution in [-0.2, 0) is 6.42 Å². The number of nitrogens with zero attached hydrogens (tertiary/aromatic N) is 1. The lowest BCUT2D eigenvalue weighted by atomic mass is 9.91. The summed E-state index contributed by atoms with van der Waals surface area (Å²) >= 11 is 3.63. The van der Waals surface area contributed by atoms with Crippen molar-refractivity contribution in [3.63, 3.8) is 0 Å². The Morgan fingerprint density at radius 2 is 2.13 bits per heavy atom. The van der Waals surface area contributed by atoms with E-state index in [1.807, 2.05) is 6.20 Å². The van der Waals surface area contributed by atoms with Crippen LogP contribution in [0.5, 0.6) is 0 Å². The number of nitrogens with one attached hydrogen (secondary N) is 1. The molecule has 3 rings (SSSR count). The molecule has 1 atom stereocenters. The fraction of sp³-hybridized carbons (Fsp3) is 0.611. The first kappa shape index (κ1) is 16.9. The van der Waals surface area contributed by atoms with E-state index in [9.17, 15) is 5.11 Å². The molecule has 0 bridgehead atoms. The fourth-order valence-electron chi connectivity index (χ4n) is 3.55. The highest BCUT2D eigenvalue weighted by Crippen LogP contribution is 2.37. The molecule has 0 radical (unpaired) electrons. The van der Waals surface area contributed by atoms with Crippen LogP contribution in [0.2, 0.25) is 0 Å². The van der Waals surface area contributed by atoms with Crippen molar-refractivity contribution in [2.75, 3.05) is 5.32 Å². The summed E-state index contributed by atoms with van der Waals surface area (Å²) in [5, 5.41) is 14.0. The van der Waals surface area contributed by atoms with E-state index in [-0.39, 0.29) is 6.10 Å². The second-order valence-corrected chi connectivity index (χ2v) is 7.65. The van der Waals surface area contributed by atoms with Crippen molar-refractivity contribution in [2.24, 2.45) is 5.73 Å². The number of rotatable bonds is 5. The molecule has 1 aromatic heterocycles. The molecule has 1 unspecified atom stereocenters. The number of anilines is 1. The van der Waals surface area contributed by atoms with Crippen LogP contribution in [0.3, 0.4) is 0 Å². The molecular weight excluding hydrogens is 354 g/mol. The molecule has 4 nitrogen and oxygen atoms in total. The summed E-state index contributed by atoms with van der Waals surface area (Å²) < 4.78 is 0.994. The quantitative estimate of drug-likeness (QED) is 0.730. The predicted octanol–water partition coefficient (Wildman–Crippen LogP) is 3.63. The molecule has 2 aliphatic rings. The molecule has 5 heteroatoms. The maximum absolute atomic E-state index is 10.3. The zero-order valence-electron chi connectivity index (χ0n) is 13.7. The SMILES string of the molecule is CCCC(O)C1=Cc2c(ncc(Br)c2NC2CCC(N)CC2)C1. The lowest BCUT2D eigenvalue weighted by Gasteiger charge is -2.28. The van der Waals surface area contributed by atoms with Gasteiger partial charge in [-0.1, -0.05) is 13.3 Å². The zero-order valence-corrected chi connectivity index (χ0v) is 15.3. The number of hydrogen-bond donors (Lipinski definition) is 3. The molecule has 23 heavy (non-hydrogen) atoms. The fourth-order valence-corrected chi connectivity index (χ4v) is 3.99. The first-order valence-electron chi connectivity index (χ1n) is 8.66. The maximum atomic E-state index is 10.3. The van der Waals surface area contributed by atoms with E-state index in [2.05, 4.69) is 39.2 Å². The van der Waals surface area contributed by atoms with Crippen molar-refractivity contribution in [2.45, 2.75) is 70.1 Å². The number of pyridine rings is 1. The Kier molecular flexibility index (Phi) is 5.39. The first-order chi connectivity index (χ1) is 11.1. The lowest BCUT2D eigenvalue weighted by Crippen LogP contribution is -2.33. The molecule has 1 fully saturated rings. The summed E-state index contributed by atoms with van der Waals surface area (Å²) in [7, 11) is 0. The van der Waals surface area contributed by atoms with Gasteiger partial charge in [-0.3, -0.25) is 4.98 Å². The average Bonchev–Trinajstić information content (AvgIpc) is 2.97. The molecule has 1 aromatic rings. The lowest BCUT2D eigenvalue weighted by molar-refractivity contribution is 0.198. The van der Waals surface area contributed by atoms with Gasteiger partial charge < -0.3 is 16.2 Å². The number of nitrogens with two attached hydrogens (primary N) is 1. The second kappa shape index (κ2) is 7.32. The Balaban J connectivity index is 1.80. The standard InChI is InChI=1S/C18H26BrN3O/c1-2-3-17(23)11-8-14-16(9-11)21-10-15(19)18(14)22-13-6-4-12(20)5-7-13/h8,10,12-13,17,23H,2-7,9,20H2,1H3,(H,21,22). The normalized spacial score (nSPS) is 25.0. The Labute approximate surface area is 146 Å². The summed E-state index contributed by atoms with van der Waals surface area (Å²) in [4.78, 5) is 4.55. The van der Waals surface area contributed by atoms with Gasteiger partial charge in [0.1, 0.15) is 0 Å². The zero-order chi connectivity index (χ0) is 16.4. The van der Waals surface area contributed by atoms with E-state index in [4.69, 9.17) is 5.73 Å². The van der Waals surface area contributed by atoms with Gasteiger partial charge in [0.2, 0.25) is 0 Å². The maximum Gasteiger partial charge on any atom is 0.0757 e. The average molecular weight is 380 g/mol. The van der Waals surface area contributed by atoms with Crippen LogP contribution in [0.25, 0.3) is 6.08 Å². The largest absolute Gasteiger partial charge is 0.389 e. The van der Waals surface area contributed by atoms with Crippen LogP contribution in [-0.4, -0.2) is 28.3 Å². The molecule has 0 amide bonds. The Hall–Kier alpha value is -0.910. The van der Waals surface area contributed by atoms with Crippen LogP contribution >= 0.6 is 15.9 Å². The molecular formula is C18H26BrN3O. The van der Waals surface area contributed by atoms with Gasteiger partial charge in [-0.05, 0) is 59.7 Å². The van der Waals surface area contributed by atoms with E-state index < -0.39 is 0 Å². The van der Waals surface area contributed by atoms with E-state index in [0.29, 0.717) is 12.1 Å². The van der Waals surface area contributed by atoms with Crippen LogP contribution in [0.1, 0.15) is 56.7 Å². The van der Waals surface area contributed by atoms with Gasteiger partial charge >= 0.3 is 0 Å². The first-order valence-corrected chi connectivity index (χ1v) is 9.45. The van der Waals surface area contributed by atoms with Crippen molar-refractivity contribution >= 4 is 27.7 Å². The topological polar surface area (TPSA) is 71.2 Å². The Morgan fingerprint density at radius 3 is 2.83 bits per heavy atom. The highest BCUT2D eigenvalue weighted by atomic mass is 79.9. The summed E-state index contributed by atoms with van der Waals surface area (Å²) in [5.41, 5.74) is 10.4. The predicted molar refractivity (Wildman–Crippen MR) is 98.4 cm³/mol. The number of aliphatic hydroxyl groups is 1. The third kappa shape index (κ3) is 3.78. The van der Waals surface area contributed by atoms with Gasteiger partial charge in [0, 0.05) is 30.3 Å². The third-order valence-corrected chi connectivity index (χ3v) is 5.57. The van der Waals surface area contributed by atoms with Gasteiger partial charge in [-0.25, -0.2) is 0 Å². The summed E-state index contributed by atoms with van der Waals surface area (Å²) in [6.07, 6.45) is 10.6. The van der Waals surface area contributed by atoms with Crippen molar-refractivity contribution in [3.05, 3.63) is 27.5 Å². The van der Waals surface area contributed by atoms with E-state index in [0.717, 1.165) is 71.9 Å². The van der Waals surface area contributed by atoms with E-state index in [1.54, 1.807) is 0 Å². The monoisotopic (exact) mass is 379 g/mol. The second-order valence-electron chi connectivity index (χ2n) is 6.80. The number of fused-ring (bicyclic) bond motifs is 1. The smallest absolute Gasteiger partial charge is 0.0757 e. The molecule has 1 heterocycles. The molecule has 1 saturated carbocycles. The molecule has 0 aliphatic heterocycles. The van der Waals surface area contributed by atoms with Crippen molar-refractivity contribution in [1.29, 1.82) is 0 Å². The van der Waals surface area contributed by atoms with Crippen molar-refractivity contribution < 1.29 is 5.11 Å². The third-order valence-electron chi connectivity index (χ3n) is 4.96. The van der Waals surface area contributed by atoms with Gasteiger partial charge in [0.05, 0.1) is 22.0 Å². The number of aromatic nitrogens is 1. The molecule has 0 aromatic carbocycles. The number of hydrogen-bond acceptors (Lipinski definition) is 4. The van der Waals surface area contributed by atoms with Gasteiger partial charge in [0.25, 0.3) is 0 Å². The van der Waals surface area contributed by atoms with E-state index in [1.165, 1.54) is 0 Å². The summed E-state index contributed by atoms with van der Waals surface area (Å²) in [6.45, 7) is 2.10. The van der Waals surface area contributed by atoms with Gasteiger partial charge in [-0.2, -0.15) is 0 Å². The number of halogens is 1. The van der Waals surface area contributed by atoms with Crippen molar-refractivity contribution in [3.8, 4) is 0 Å². The Morgan fingerprint density at radius 1 is 1.39 bits per heavy atom. The van der Waals surface area contributed by atoms with Crippen LogP contribution < -0.4 is 11.1 Å². The minimum Gasteiger partial charge on any atom is -0.389 e. The minimum absolute atomic E-state index is 0.353. The molecule has 4 N–H and O–H groups in total. The highest BCUT2D eigenvalue weighted by molar-refractivity contribution is 9.10. The van der Waals surface area contributed by atoms with Crippen LogP contribution in [0, 0.1) is 0 Å². The summed E-state index contributed by atoms with van der Waals surface area (Å²) in [5.74, 6) is 0. The minimum atomic E-state index is -0.353. The van der Waals surface area contributed by atoms with E-state index >= 15 is 0 Å². The highest BCUT2D eigenvalue weighted by Gasteiger charge is 2.25. The molecule has 0 saturated heterocycles. The van der Waals surface area contributed by atoms with Crippen molar-refractivity contribution in [1.82, 2.24) is 4.98 Å². The summed E-state index contributed by atoms with van der Waals surface area (Å²) in [6, 6.07) is 0.825. The van der Waals surface area contributed by atoms with Gasteiger partial charge in [0.15, 0.2) is 0 Å². The molecule has 0 spiro atoms. The molecule has 126 valence electrons. The number of aliphatic hydroxyl groups excluding tert-OH is 1. The molecule has 2 aliphatic carbocycles. The van der Waals surface area contributed by atoms with Crippen LogP contribution in [0.4, 0.5) is 5.69 Å².